The van der Waals surface area contributed by atoms with E-state index in [2.05, 4.69) is 59.0 Å². The Morgan fingerprint density at radius 1 is 0.952 bits per heavy atom. The van der Waals surface area contributed by atoms with Gasteiger partial charge in [-0.1, -0.05) is 48.0 Å². The lowest BCUT2D eigenvalue weighted by Crippen LogP contribution is -2.27. The van der Waals surface area contributed by atoms with E-state index >= 15 is 0 Å². The number of aromatic nitrogens is 1. The van der Waals surface area contributed by atoms with Gasteiger partial charge >= 0.3 is 0 Å². The lowest BCUT2D eigenvalue weighted by atomic mass is 10.1. The van der Waals surface area contributed by atoms with Crippen LogP contribution in [-0.4, -0.2) is 56.4 Å². The number of hydrogen-bond acceptors (Lipinski definition) is 7. The first-order valence-electron chi connectivity index (χ1n) is 14.0. The maximum absolute atomic E-state index is 12.1. The summed E-state index contributed by atoms with van der Waals surface area (Å²) in [5.74, 6) is 0.694. The van der Waals surface area contributed by atoms with Crippen LogP contribution < -0.4 is 15.4 Å². The first kappa shape index (κ1) is 34.4. The molecule has 0 bridgehead atoms. The quantitative estimate of drug-likeness (QED) is 0.160. The van der Waals surface area contributed by atoms with E-state index < -0.39 is 0 Å². The van der Waals surface area contributed by atoms with E-state index in [1.807, 2.05) is 56.3 Å². The average Bonchev–Trinajstić information content (AvgIpc) is 3.39. The van der Waals surface area contributed by atoms with Crippen molar-refractivity contribution < 1.29 is 14.3 Å². The Morgan fingerprint density at radius 3 is 2.31 bits per heavy atom. The Hall–Kier alpha value is -3.85. The Balaban J connectivity index is 0.000000293. The fourth-order valence-corrected chi connectivity index (χ4v) is 4.71. The second kappa shape index (κ2) is 19.3. The topological polar surface area (TPSA) is 83.6 Å². The van der Waals surface area contributed by atoms with Crippen molar-refractivity contribution in [3.05, 3.63) is 117 Å². The Kier molecular flexibility index (Phi) is 15.8. The number of nitrogens with one attached hydrogen (secondary N) is 2. The number of thiazole rings is 1. The zero-order valence-electron chi connectivity index (χ0n) is 25.6. The SMILES string of the molecule is COc1cccc(CNCCCNC(=O)c2cc(C)cc(C=O)c2)c1.Cc1ccccc1.Cc1csc(CN(C)C)n1. The highest BCUT2D eigenvalue weighted by Gasteiger charge is 2.07. The van der Waals surface area contributed by atoms with Crippen LogP contribution >= 0.6 is 11.3 Å². The van der Waals surface area contributed by atoms with E-state index in [9.17, 15) is 9.59 Å². The van der Waals surface area contributed by atoms with Gasteiger partial charge in [0.2, 0.25) is 0 Å². The molecule has 0 fully saturated rings. The summed E-state index contributed by atoms with van der Waals surface area (Å²) in [7, 11) is 5.76. The number of carbonyl (C=O) groups is 2. The van der Waals surface area contributed by atoms with Crippen molar-refractivity contribution in [1.29, 1.82) is 0 Å². The van der Waals surface area contributed by atoms with Crippen LogP contribution in [0.15, 0.2) is 78.2 Å². The standard InChI is InChI=1S/C20H24N2O3.C7H12N2S.C7H8/c1-15-9-17(14-23)11-18(10-15)20(24)22-8-4-7-21-13-16-5-3-6-19(12-16)25-2;1-6-5-10-7(8-6)4-9(2)3;1-7-5-3-2-4-6-7/h3,5-6,9-12,14,21H,4,7-8,13H2,1-2H3,(H,22,24);5H,4H2,1-3H3;2-6H,1H3. The summed E-state index contributed by atoms with van der Waals surface area (Å²) in [5.41, 5.74) is 5.54. The number of nitrogens with zero attached hydrogens (tertiary/aromatic N) is 2. The van der Waals surface area contributed by atoms with E-state index in [0.717, 1.165) is 54.9 Å². The molecule has 0 saturated heterocycles. The zero-order valence-corrected chi connectivity index (χ0v) is 26.5. The second-order valence-corrected chi connectivity index (χ2v) is 11.1. The molecule has 0 radical (unpaired) electrons. The highest BCUT2D eigenvalue weighted by atomic mass is 32.1. The molecule has 0 aliphatic carbocycles. The minimum atomic E-state index is -0.153. The number of ether oxygens (including phenoxy) is 1. The monoisotopic (exact) mass is 588 g/mol. The lowest BCUT2D eigenvalue weighted by molar-refractivity contribution is 0.0953. The summed E-state index contributed by atoms with van der Waals surface area (Å²) < 4.78 is 5.20. The summed E-state index contributed by atoms with van der Waals surface area (Å²) in [6.45, 7) is 9.06. The van der Waals surface area contributed by atoms with Gasteiger partial charge < -0.3 is 20.3 Å². The normalized spacial score (nSPS) is 10.2. The van der Waals surface area contributed by atoms with Crippen molar-refractivity contribution in [3.8, 4) is 5.75 Å². The molecule has 7 nitrogen and oxygen atoms in total. The molecule has 0 spiro atoms. The van der Waals surface area contributed by atoms with Gasteiger partial charge in [0.25, 0.3) is 5.91 Å². The molecule has 8 heteroatoms. The van der Waals surface area contributed by atoms with Crippen molar-refractivity contribution in [1.82, 2.24) is 20.5 Å². The summed E-state index contributed by atoms with van der Waals surface area (Å²) in [6, 6.07) is 23.3. The number of benzene rings is 3. The molecule has 1 aromatic heterocycles. The van der Waals surface area contributed by atoms with Gasteiger partial charge in [-0.15, -0.1) is 11.3 Å². The third kappa shape index (κ3) is 14.2. The van der Waals surface area contributed by atoms with Crippen molar-refractivity contribution in [2.75, 3.05) is 34.3 Å². The maximum atomic E-state index is 12.1. The molecule has 224 valence electrons. The first-order chi connectivity index (χ1) is 20.2. The molecule has 0 atom stereocenters. The van der Waals surface area contributed by atoms with Crippen molar-refractivity contribution >= 4 is 23.5 Å². The smallest absolute Gasteiger partial charge is 0.251 e. The predicted octanol–water partition coefficient (Wildman–Crippen LogP) is 6.23. The minimum absolute atomic E-state index is 0.153. The third-order valence-corrected chi connectivity index (χ3v) is 6.79. The van der Waals surface area contributed by atoms with Gasteiger partial charge in [0.15, 0.2) is 0 Å². The van der Waals surface area contributed by atoms with E-state index in [1.165, 1.54) is 10.6 Å². The summed E-state index contributed by atoms with van der Waals surface area (Å²) in [5, 5.41) is 9.50. The Morgan fingerprint density at radius 2 is 1.71 bits per heavy atom. The molecule has 0 unspecified atom stereocenters. The number of rotatable bonds is 11. The molecular weight excluding hydrogens is 544 g/mol. The predicted molar refractivity (Wildman–Crippen MR) is 174 cm³/mol. The number of aryl methyl sites for hydroxylation is 3. The number of carbonyl (C=O) groups excluding carboxylic acids is 2. The maximum Gasteiger partial charge on any atom is 0.251 e. The molecule has 1 amide bonds. The van der Waals surface area contributed by atoms with Crippen LogP contribution in [0.25, 0.3) is 0 Å². The van der Waals surface area contributed by atoms with E-state index in [4.69, 9.17) is 4.74 Å². The van der Waals surface area contributed by atoms with Crippen molar-refractivity contribution in [2.24, 2.45) is 0 Å². The van der Waals surface area contributed by atoms with Gasteiger partial charge in [-0.2, -0.15) is 0 Å². The Labute approximate surface area is 255 Å². The fourth-order valence-electron chi connectivity index (χ4n) is 3.82. The van der Waals surface area contributed by atoms with Crippen LogP contribution in [0.3, 0.4) is 0 Å². The summed E-state index contributed by atoms with van der Waals surface area (Å²) >= 11 is 1.73. The molecule has 42 heavy (non-hydrogen) atoms. The number of aldehydes is 1. The number of hydrogen-bond donors (Lipinski definition) is 2. The average molecular weight is 589 g/mol. The second-order valence-electron chi connectivity index (χ2n) is 10.2. The molecule has 1 heterocycles. The molecule has 0 saturated carbocycles. The van der Waals surface area contributed by atoms with Crippen LogP contribution in [0.4, 0.5) is 0 Å². The lowest BCUT2D eigenvalue weighted by Gasteiger charge is -2.08. The summed E-state index contributed by atoms with van der Waals surface area (Å²) in [6.07, 6.45) is 1.58. The fraction of sp³-hybridized carbons (Fsp3) is 0.324. The third-order valence-electron chi connectivity index (χ3n) is 5.84. The largest absolute Gasteiger partial charge is 0.497 e. The highest BCUT2D eigenvalue weighted by Crippen LogP contribution is 2.12. The Bertz CT molecular complexity index is 1360. The molecule has 2 N–H and O–H groups in total. The van der Waals surface area contributed by atoms with E-state index in [1.54, 1.807) is 36.6 Å². The van der Waals surface area contributed by atoms with Crippen molar-refractivity contribution in [2.45, 2.75) is 40.3 Å². The van der Waals surface area contributed by atoms with Gasteiger partial charge in [-0.25, -0.2) is 4.98 Å². The number of amides is 1. The zero-order chi connectivity index (χ0) is 30.7. The highest BCUT2D eigenvalue weighted by molar-refractivity contribution is 7.09. The van der Waals surface area contributed by atoms with Crippen LogP contribution in [0.1, 0.15) is 54.5 Å². The van der Waals surface area contributed by atoms with Gasteiger partial charge in [0, 0.05) is 41.8 Å². The van der Waals surface area contributed by atoms with Crippen LogP contribution in [0.2, 0.25) is 0 Å². The van der Waals surface area contributed by atoms with Gasteiger partial charge in [0.05, 0.1) is 7.11 Å². The van der Waals surface area contributed by atoms with Crippen LogP contribution in [-0.2, 0) is 13.1 Å². The molecule has 0 aliphatic heterocycles. The van der Waals surface area contributed by atoms with E-state index in [0.29, 0.717) is 17.7 Å². The van der Waals surface area contributed by atoms with E-state index in [-0.39, 0.29) is 5.91 Å². The van der Waals surface area contributed by atoms with Crippen LogP contribution in [0.5, 0.6) is 5.75 Å². The first-order valence-corrected chi connectivity index (χ1v) is 14.8. The molecule has 0 aliphatic rings. The molecule has 4 rings (SSSR count). The van der Waals surface area contributed by atoms with Gasteiger partial charge in [-0.05, 0) is 89.3 Å². The van der Waals surface area contributed by atoms with Crippen LogP contribution in [0, 0.1) is 20.8 Å². The molecular formula is C34H44N4O3S. The van der Waals surface area contributed by atoms with Gasteiger partial charge in [-0.3, -0.25) is 9.59 Å². The molecule has 4 aromatic rings. The van der Waals surface area contributed by atoms with Gasteiger partial charge in [0.1, 0.15) is 17.0 Å². The number of methoxy groups -OCH3 is 1. The summed E-state index contributed by atoms with van der Waals surface area (Å²) in [4.78, 5) is 29.5. The van der Waals surface area contributed by atoms with Crippen molar-refractivity contribution in [3.63, 3.8) is 0 Å². The molecule has 3 aromatic carbocycles. The minimum Gasteiger partial charge on any atom is -0.497 e.